The molecule has 0 bridgehead atoms. The Labute approximate surface area is 150 Å². The number of unbranched alkanes of at least 4 members (excludes halogenated alkanes) is 1. The average Bonchev–Trinajstić information content (AvgIpc) is 2.86. The quantitative estimate of drug-likeness (QED) is 0.796. The van der Waals surface area contributed by atoms with Crippen LogP contribution in [0.5, 0.6) is 5.75 Å². The fourth-order valence-corrected chi connectivity index (χ4v) is 3.24. The van der Waals surface area contributed by atoms with E-state index in [1.165, 1.54) is 0 Å². The summed E-state index contributed by atoms with van der Waals surface area (Å²) >= 11 is 0. The number of hydrogen-bond donors (Lipinski definition) is 0. The van der Waals surface area contributed by atoms with Crippen LogP contribution in [-0.4, -0.2) is 54.9 Å². The number of ether oxygens (including phenoxy) is 1. The van der Waals surface area contributed by atoms with Crippen LogP contribution in [0.25, 0.3) is 0 Å². The molecule has 0 N–H and O–H groups in total. The van der Waals surface area contributed by atoms with Gasteiger partial charge >= 0.3 is 0 Å². The number of carbonyl (C=O) groups is 2. The number of benzene rings is 1. The molecule has 0 atom stereocenters. The Kier molecular flexibility index (Phi) is 7.29. The maximum Gasteiger partial charge on any atom is 0.227 e. The Bertz CT molecular complexity index is 601. The Morgan fingerprint density at radius 3 is 2.36 bits per heavy atom. The molecular weight excluding hydrogens is 316 g/mol. The molecule has 2 amide bonds. The standard InChI is InChI=1S/C20H30N2O3/c1-4-5-7-19(23)21-10-6-11-22(13-12-21)20(24)15-17-8-9-18(25-3)16(2)14-17/h8-9,14H,4-7,10-13,15H2,1-3H3. The average molecular weight is 346 g/mol. The van der Waals surface area contributed by atoms with Crippen molar-refractivity contribution in [3.63, 3.8) is 0 Å². The van der Waals surface area contributed by atoms with Crippen LogP contribution in [0.2, 0.25) is 0 Å². The highest BCUT2D eigenvalue weighted by Gasteiger charge is 2.21. The summed E-state index contributed by atoms with van der Waals surface area (Å²) in [5.41, 5.74) is 2.04. The summed E-state index contributed by atoms with van der Waals surface area (Å²) in [6.07, 6.45) is 3.84. The maximum absolute atomic E-state index is 12.6. The van der Waals surface area contributed by atoms with Crippen molar-refractivity contribution < 1.29 is 14.3 Å². The van der Waals surface area contributed by atoms with E-state index in [1.807, 2.05) is 34.9 Å². The number of carbonyl (C=O) groups excluding carboxylic acids is 2. The molecule has 1 aromatic carbocycles. The van der Waals surface area contributed by atoms with Gasteiger partial charge in [0.2, 0.25) is 11.8 Å². The number of methoxy groups -OCH3 is 1. The molecule has 0 saturated carbocycles. The van der Waals surface area contributed by atoms with Crippen LogP contribution in [0, 0.1) is 6.92 Å². The predicted molar refractivity (Wildman–Crippen MR) is 98.7 cm³/mol. The summed E-state index contributed by atoms with van der Waals surface area (Å²) < 4.78 is 5.27. The van der Waals surface area contributed by atoms with Gasteiger partial charge in [-0.05, 0) is 37.0 Å². The van der Waals surface area contributed by atoms with E-state index in [0.717, 1.165) is 49.2 Å². The van der Waals surface area contributed by atoms with Gasteiger partial charge in [-0.3, -0.25) is 9.59 Å². The molecule has 1 fully saturated rings. The van der Waals surface area contributed by atoms with Gasteiger partial charge < -0.3 is 14.5 Å². The molecule has 0 radical (unpaired) electrons. The first-order valence-electron chi connectivity index (χ1n) is 9.24. The van der Waals surface area contributed by atoms with E-state index < -0.39 is 0 Å². The fraction of sp³-hybridized carbons (Fsp3) is 0.600. The van der Waals surface area contributed by atoms with Gasteiger partial charge in [0, 0.05) is 32.6 Å². The first-order chi connectivity index (χ1) is 12.0. The third kappa shape index (κ3) is 5.48. The van der Waals surface area contributed by atoms with Crippen molar-refractivity contribution in [3.8, 4) is 5.75 Å². The zero-order valence-electron chi connectivity index (χ0n) is 15.7. The van der Waals surface area contributed by atoms with Crippen molar-refractivity contribution in [3.05, 3.63) is 29.3 Å². The first kappa shape index (κ1) is 19.3. The minimum atomic E-state index is 0.132. The first-order valence-corrected chi connectivity index (χ1v) is 9.24. The predicted octanol–water partition coefficient (Wildman–Crippen LogP) is 2.80. The van der Waals surface area contributed by atoms with Gasteiger partial charge in [0.05, 0.1) is 13.5 Å². The number of amides is 2. The molecular formula is C20H30N2O3. The van der Waals surface area contributed by atoms with Crippen molar-refractivity contribution in [1.82, 2.24) is 9.80 Å². The second-order valence-electron chi connectivity index (χ2n) is 6.70. The molecule has 0 spiro atoms. The van der Waals surface area contributed by atoms with E-state index in [4.69, 9.17) is 4.74 Å². The molecule has 5 heteroatoms. The highest BCUT2D eigenvalue weighted by atomic mass is 16.5. The molecule has 1 saturated heterocycles. The third-order valence-electron chi connectivity index (χ3n) is 4.76. The summed E-state index contributed by atoms with van der Waals surface area (Å²) in [5.74, 6) is 1.20. The molecule has 5 nitrogen and oxygen atoms in total. The van der Waals surface area contributed by atoms with Crippen LogP contribution in [0.15, 0.2) is 18.2 Å². The number of aryl methyl sites for hydroxylation is 1. The molecule has 138 valence electrons. The molecule has 1 aliphatic rings. The van der Waals surface area contributed by atoms with Crippen LogP contribution < -0.4 is 4.74 Å². The smallest absolute Gasteiger partial charge is 0.227 e. The summed E-state index contributed by atoms with van der Waals surface area (Å²) in [6.45, 7) is 6.84. The molecule has 25 heavy (non-hydrogen) atoms. The summed E-state index contributed by atoms with van der Waals surface area (Å²) in [5, 5.41) is 0. The normalized spacial score (nSPS) is 15.0. The zero-order chi connectivity index (χ0) is 18.2. The molecule has 1 aromatic rings. The molecule has 0 aromatic heterocycles. The molecule has 1 heterocycles. The largest absolute Gasteiger partial charge is 0.496 e. The van der Waals surface area contributed by atoms with Gasteiger partial charge in [-0.2, -0.15) is 0 Å². The summed E-state index contributed by atoms with van der Waals surface area (Å²) in [6, 6.07) is 5.87. The Balaban J connectivity index is 1.90. The fourth-order valence-electron chi connectivity index (χ4n) is 3.24. The topological polar surface area (TPSA) is 49.9 Å². The Morgan fingerprint density at radius 1 is 1.08 bits per heavy atom. The van der Waals surface area contributed by atoms with Crippen molar-refractivity contribution in [2.45, 2.75) is 46.0 Å². The Hall–Kier alpha value is -2.04. The van der Waals surface area contributed by atoms with Crippen molar-refractivity contribution in [2.75, 3.05) is 33.3 Å². The second kappa shape index (κ2) is 9.44. The highest BCUT2D eigenvalue weighted by Crippen LogP contribution is 2.19. The van der Waals surface area contributed by atoms with Gasteiger partial charge in [-0.1, -0.05) is 25.5 Å². The lowest BCUT2D eigenvalue weighted by atomic mass is 10.1. The highest BCUT2D eigenvalue weighted by molar-refractivity contribution is 5.79. The summed E-state index contributed by atoms with van der Waals surface area (Å²) in [4.78, 5) is 28.6. The van der Waals surface area contributed by atoms with Crippen LogP contribution in [0.4, 0.5) is 0 Å². The van der Waals surface area contributed by atoms with Crippen molar-refractivity contribution in [1.29, 1.82) is 0 Å². The maximum atomic E-state index is 12.6. The molecule has 0 aliphatic carbocycles. The monoisotopic (exact) mass is 346 g/mol. The van der Waals surface area contributed by atoms with Gasteiger partial charge in [-0.15, -0.1) is 0 Å². The SMILES string of the molecule is CCCCC(=O)N1CCCN(C(=O)Cc2ccc(OC)c(C)c2)CC1. The van der Waals surface area contributed by atoms with E-state index in [0.29, 0.717) is 25.9 Å². The number of nitrogens with zero attached hydrogens (tertiary/aromatic N) is 2. The van der Waals surface area contributed by atoms with E-state index in [2.05, 4.69) is 6.92 Å². The van der Waals surface area contributed by atoms with Crippen molar-refractivity contribution in [2.24, 2.45) is 0 Å². The lowest BCUT2D eigenvalue weighted by Crippen LogP contribution is -2.37. The van der Waals surface area contributed by atoms with Crippen molar-refractivity contribution >= 4 is 11.8 Å². The molecule has 0 unspecified atom stereocenters. The van der Waals surface area contributed by atoms with Crippen LogP contribution >= 0.6 is 0 Å². The summed E-state index contributed by atoms with van der Waals surface area (Å²) in [7, 11) is 1.65. The lowest BCUT2D eigenvalue weighted by molar-refractivity contribution is -0.133. The molecule has 2 rings (SSSR count). The lowest BCUT2D eigenvalue weighted by Gasteiger charge is -2.22. The number of rotatable bonds is 6. The van der Waals surface area contributed by atoms with E-state index in [1.54, 1.807) is 7.11 Å². The zero-order valence-corrected chi connectivity index (χ0v) is 15.7. The van der Waals surface area contributed by atoms with Gasteiger partial charge in [0.1, 0.15) is 5.75 Å². The third-order valence-corrected chi connectivity index (χ3v) is 4.76. The van der Waals surface area contributed by atoms with Gasteiger partial charge in [0.15, 0.2) is 0 Å². The minimum Gasteiger partial charge on any atom is -0.496 e. The number of hydrogen-bond acceptors (Lipinski definition) is 3. The van der Waals surface area contributed by atoms with E-state index in [-0.39, 0.29) is 11.8 Å². The van der Waals surface area contributed by atoms with Gasteiger partial charge in [-0.25, -0.2) is 0 Å². The second-order valence-corrected chi connectivity index (χ2v) is 6.70. The minimum absolute atomic E-state index is 0.132. The van der Waals surface area contributed by atoms with Gasteiger partial charge in [0.25, 0.3) is 0 Å². The van der Waals surface area contributed by atoms with E-state index >= 15 is 0 Å². The molecule has 1 aliphatic heterocycles. The van der Waals surface area contributed by atoms with Crippen LogP contribution in [0.3, 0.4) is 0 Å². The van der Waals surface area contributed by atoms with E-state index in [9.17, 15) is 9.59 Å². The van der Waals surface area contributed by atoms with Crippen LogP contribution in [-0.2, 0) is 16.0 Å². The van der Waals surface area contributed by atoms with Crippen LogP contribution in [0.1, 0.15) is 43.7 Å². The Morgan fingerprint density at radius 2 is 1.76 bits per heavy atom.